The molecule has 2 heterocycles. The minimum atomic E-state index is -1.24. The van der Waals surface area contributed by atoms with E-state index in [2.05, 4.69) is 15.3 Å². The highest BCUT2D eigenvalue weighted by atomic mass is 16.5. The molecule has 9 nitrogen and oxygen atoms in total. The average Bonchev–Trinajstić information content (AvgIpc) is 2.48. The van der Waals surface area contributed by atoms with Crippen LogP contribution in [0.1, 0.15) is 25.3 Å². The molecule has 0 radical (unpaired) electrons. The van der Waals surface area contributed by atoms with E-state index in [1.54, 1.807) is 20.9 Å². The molecule has 0 aromatic carbocycles. The van der Waals surface area contributed by atoms with Crippen molar-refractivity contribution in [3.05, 3.63) is 22.1 Å². The zero-order valence-electron chi connectivity index (χ0n) is 12.5. The molecule has 1 aromatic heterocycles. The fraction of sp³-hybridized carbons (Fsp3) is 0.462. The Kier molecular flexibility index (Phi) is 4.54. The molecule has 22 heavy (non-hydrogen) atoms. The van der Waals surface area contributed by atoms with E-state index in [1.165, 1.54) is 11.2 Å². The van der Waals surface area contributed by atoms with Gasteiger partial charge in [-0.3, -0.25) is 14.6 Å². The Bertz CT molecular complexity index is 681. The highest BCUT2D eigenvalue weighted by Gasteiger charge is 2.41. The lowest BCUT2D eigenvalue weighted by molar-refractivity contribution is -0.144. The van der Waals surface area contributed by atoms with Crippen molar-refractivity contribution in [2.75, 3.05) is 25.3 Å². The molecule has 1 aliphatic rings. The van der Waals surface area contributed by atoms with Crippen molar-refractivity contribution in [2.45, 2.75) is 19.8 Å². The largest absolute Gasteiger partial charge is 0.465 e. The van der Waals surface area contributed by atoms with Gasteiger partial charge in [0.15, 0.2) is 5.71 Å². The van der Waals surface area contributed by atoms with Crippen molar-refractivity contribution < 1.29 is 19.1 Å². The summed E-state index contributed by atoms with van der Waals surface area (Å²) in [5.74, 6) is -2.74. The highest BCUT2D eigenvalue weighted by molar-refractivity contribution is 6.43. The number of carbonyl (C=O) groups is 2. The summed E-state index contributed by atoms with van der Waals surface area (Å²) in [5.41, 5.74) is -0.380. The number of hydrazone groups is 1. The minimum Gasteiger partial charge on any atom is -0.465 e. The smallest absolute Gasteiger partial charge is 0.355 e. The maximum Gasteiger partial charge on any atom is 0.355 e. The van der Waals surface area contributed by atoms with Crippen LogP contribution in [0.3, 0.4) is 0 Å². The van der Waals surface area contributed by atoms with Crippen molar-refractivity contribution in [1.82, 2.24) is 10.2 Å². The first kappa shape index (κ1) is 15.7. The molecule has 0 fully saturated rings. The van der Waals surface area contributed by atoms with Gasteiger partial charge in [0.2, 0.25) is 0 Å². The molecule has 9 heteroatoms. The van der Waals surface area contributed by atoms with Crippen LogP contribution in [0.25, 0.3) is 0 Å². The van der Waals surface area contributed by atoms with Crippen LogP contribution in [-0.2, 0) is 19.1 Å². The van der Waals surface area contributed by atoms with Crippen LogP contribution in [0.4, 0.5) is 5.69 Å². The van der Waals surface area contributed by atoms with Crippen molar-refractivity contribution in [2.24, 2.45) is 5.10 Å². The normalized spacial score (nSPS) is 16.6. The van der Waals surface area contributed by atoms with Gasteiger partial charge in [0.25, 0.3) is 5.56 Å². The van der Waals surface area contributed by atoms with Crippen LogP contribution < -0.4 is 10.6 Å². The summed E-state index contributed by atoms with van der Waals surface area (Å²) in [6, 6.07) is 0. The quantitative estimate of drug-likeness (QED) is 0.765. The van der Waals surface area contributed by atoms with Crippen molar-refractivity contribution in [1.29, 1.82) is 0 Å². The number of fused-ring (bicyclic) bond motifs is 1. The number of esters is 2. The first-order valence-electron chi connectivity index (χ1n) is 6.74. The van der Waals surface area contributed by atoms with Crippen LogP contribution in [0, 0.1) is 0 Å². The van der Waals surface area contributed by atoms with Gasteiger partial charge in [-0.05, 0) is 13.8 Å². The van der Waals surface area contributed by atoms with Gasteiger partial charge in [0.1, 0.15) is 5.92 Å². The van der Waals surface area contributed by atoms with E-state index in [9.17, 15) is 14.4 Å². The van der Waals surface area contributed by atoms with Gasteiger partial charge in [-0.15, -0.1) is 0 Å². The summed E-state index contributed by atoms with van der Waals surface area (Å²) >= 11 is 0. The third-order valence-electron chi connectivity index (χ3n) is 3.05. The summed E-state index contributed by atoms with van der Waals surface area (Å²) in [5, 5.41) is 11.3. The molecule has 0 aliphatic carbocycles. The van der Waals surface area contributed by atoms with E-state index in [1.807, 2.05) is 0 Å². The van der Waals surface area contributed by atoms with E-state index in [0.29, 0.717) is 5.69 Å². The molecule has 0 spiro atoms. The summed E-state index contributed by atoms with van der Waals surface area (Å²) < 4.78 is 9.88. The van der Waals surface area contributed by atoms with Gasteiger partial charge >= 0.3 is 11.9 Å². The Labute approximate surface area is 125 Å². The van der Waals surface area contributed by atoms with Crippen LogP contribution in [0.15, 0.2) is 16.1 Å². The second-order valence-corrected chi connectivity index (χ2v) is 4.41. The standard InChI is InChI=1S/C13H16N4O5/c1-4-21-12(19)9-8-7(6-14-15-11(8)18)17(3)16-10(9)13(20)22-5-2/h6,9H,4-5H2,1-3H3,(H,15,18). The number of carbonyl (C=O) groups excluding carboxylic acids is 2. The lowest BCUT2D eigenvalue weighted by atomic mass is 9.92. The van der Waals surface area contributed by atoms with Crippen LogP contribution >= 0.6 is 0 Å². The van der Waals surface area contributed by atoms with Crippen molar-refractivity contribution in [3.63, 3.8) is 0 Å². The molecular formula is C13H16N4O5. The molecule has 0 amide bonds. The van der Waals surface area contributed by atoms with Crippen molar-refractivity contribution in [3.8, 4) is 0 Å². The maximum atomic E-state index is 12.2. The lowest BCUT2D eigenvalue weighted by Crippen LogP contribution is -2.41. The second kappa shape index (κ2) is 6.37. The number of hydrogen-bond donors (Lipinski definition) is 1. The number of hydrogen-bond acceptors (Lipinski definition) is 8. The number of nitrogens with one attached hydrogen (secondary N) is 1. The molecule has 0 bridgehead atoms. The first-order valence-corrected chi connectivity index (χ1v) is 6.74. The van der Waals surface area contributed by atoms with Crippen LogP contribution in [0.5, 0.6) is 0 Å². The number of nitrogens with zero attached hydrogens (tertiary/aromatic N) is 3. The van der Waals surface area contributed by atoms with Crippen LogP contribution in [0.2, 0.25) is 0 Å². The van der Waals surface area contributed by atoms with Gasteiger partial charge in [-0.25, -0.2) is 9.89 Å². The summed E-state index contributed by atoms with van der Waals surface area (Å²) in [6.45, 7) is 3.50. The molecule has 1 unspecified atom stereocenters. The Morgan fingerprint density at radius 2 is 2.00 bits per heavy atom. The Morgan fingerprint density at radius 1 is 1.32 bits per heavy atom. The Balaban J connectivity index is 2.59. The van der Waals surface area contributed by atoms with Crippen molar-refractivity contribution >= 4 is 23.3 Å². The molecule has 0 saturated heterocycles. The third-order valence-corrected chi connectivity index (χ3v) is 3.05. The average molecular weight is 308 g/mol. The van der Waals surface area contributed by atoms with Gasteiger partial charge in [-0.2, -0.15) is 10.2 Å². The fourth-order valence-corrected chi connectivity index (χ4v) is 2.16. The fourth-order valence-electron chi connectivity index (χ4n) is 2.16. The Hall–Kier alpha value is -2.71. The third kappa shape index (κ3) is 2.69. The summed E-state index contributed by atoms with van der Waals surface area (Å²) in [7, 11) is 1.54. The minimum absolute atomic E-state index is 0.0639. The number of aromatic nitrogens is 2. The van der Waals surface area contributed by atoms with Gasteiger partial charge in [0, 0.05) is 7.05 Å². The molecule has 1 N–H and O–H groups in total. The Morgan fingerprint density at radius 3 is 2.64 bits per heavy atom. The number of rotatable bonds is 4. The van der Waals surface area contributed by atoms with Gasteiger partial charge in [0.05, 0.1) is 30.7 Å². The number of aromatic amines is 1. The SMILES string of the molecule is CCOC(=O)C1=NN(C)c2cn[nH]c(=O)c2C1C(=O)OCC. The maximum absolute atomic E-state index is 12.2. The molecular weight excluding hydrogens is 292 g/mol. The predicted molar refractivity (Wildman–Crippen MR) is 76.7 cm³/mol. The van der Waals surface area contributed by atoms with E-state index in [0.717, 1.165) is 0 Å². The zero-order chi connectivity index (χ0) is 16.3. The van der Waals surface area contributed by atoms with Gasteiger partial charge in [-0.1, -0.05) is 0 Å². The number of ether oxygens (including phenoxy) is 2. The monoisotopic (exact) mass is 308 g/mol. The predicted octanol–water partition coefficient (Wildman–Crippen LogP) is -0.214. The van der Waals surface area contributed by atoms with E-state index >= 15 is 0 Å². The molecule has 1 atom stereocenters. The molecule has 1 aromatic rings. The van der Waals surface area contributed by atoms with Crippen LogP contribution in [-0.4, -0.2) is 48.1 Å². The zero-order valence-corrected chi connectivity index (χ0v) is 12.5. The van der Waals surface area contributed by atoms with E-state index in [4.69, 9.17) is 9.47 Å². The molecule has 0 saturated carbocycles. The highest BCUT2D eigenvalue weighted by Crippen LogP contribution is 2.30. The molecule has 2 rings (SSSR count). The number of H-pyrrole nitrogens is 1. The van der Waals surface area contributed by atoms with E-state index in [-0.39, 0.29) is 24.5 Å². The summed E-state index contributed by atoms with van der Waals surface area (Å²) in [4.78, 5) is 36.4. The lowest BCUT2D eigenvalue weighted by Gasteiger charge is -2.27. The molecule has 1 aliphatic heterocycles. The molecule has 118 valence electrons. The van der Waals surface area contributed by atoms with E-state index < -0.39 is 23.4 Å². The second-order valence-electron chi connectivity index (χ2n) is 4.41. The first-order chi connectivity index (χ1) is 10.5. The summed E-state index contributed by atoms with van der Waals surface area (Å²) in [6.07, 6.45) is 1.36. The van der Waals surface area contributed by atoms with Gasteiger partial charge < -0.3 is 9.47 Å². The number of anilines is 1. The topological polar surface area (TPSA) is 114 Å².